The van der Waals surface area contributed by atoms with Crippen molar-refractivity contribution in [3.8, 4) is 0 Å². The van der Waals surface area contributed by atoms with Gasteiger partial charge in [-0.1, -0.05) is 18.2 Å². The maximum atomic E-state index is 11.6. The zero-order chi connectivity index (χ0) is 40.3. The van der Waals surface area contributed by atoms with Crippen molar-refractivity contribution >= 4 is 34.7 Å². The van der Waals surface area contributed by atoms with Crippen molar-refractivity contribution in [2.75, 3.05) is 0 Å². The summed E-state index contributed by atoms with van der Waals surface area (Å²) in [5, 5.41) is 0. The second kappa shape index (κ2) is 17.4. The number of rotatable bonds is 3. The van der Waals surface area contributed by atoms with Gasteiger partial charge >= 0.3 is 0 Å². The van der Waals surface area contributed by atoms with E-state index < -0.39 is 0 Å². The van der Waals surface area contributed by atoms with Crippen molar-refractivity contribution in [1.82, 2.24) is 0 Å². The zero-order valence-electron chi connectivity index (χ0n) is 34.8. The molecule has 3 aromatic carbocycles. The first-order valence-electron chi connectivity index (χ1n) is 19.5. The van der Waals surface area contributed by atoms with Crippen molar-refractivity contribution in [3.05, 3.63) is 102 Å². The van der Waals surface area contributed by atoms with Gasteiger partial charge in [0.1, 0.15) is 34.7 Å². The molecule has 6 nitrogen and oxygen atoms in total. The van der Waals surface area contributed by atoms with Gasteiger partial charge in [0, 0.05) is 38.5 Å². The lowest BCUT2D eigenvalue weighted by atomic mass is 9.77. The summed E-state index contributed by atoms with van der Waals surface area (Å²) in [5.74, 6) is 0.829. The summed E-state index contributed by atoms with van der Waals surface area (Å²) in [7, 11) is 0. The van der Waals surface area contributed by atoms with Crippen LogP contribution in [0.25, 0.3) is 0 Å². The molecule has 54 heavy (non-hydrogen) atoms. The fourth-order valence-corrected chi connectivity index (χ4v) is 9.05. The molecule has 0 aromatic heterocycles. The van der Waals surface area contributed by atoms with E-state index in [0.717, 1.165) is 0 Å². The molecule has 0 unspecified atom stereocenters. The molecular weight excluding hydrogens is 673 g/mol. The Labute approximate surface area is 322 Å². The molecule has 6 rings (SSSR count). The lowest BCUT2D eigenvalue weighted by Gasteiger charge is -2.26. The van der Waals surface area contributed by atoms with E-state index in [2.05, 4.69) is 101 Å². The fourth-order valence-electron chi connectivity index (χ4n) is 9.05. The number of carbonyl (C=O) groups is 6. The van der Waals surface area contributed by atoms with E-state index in [1.807, 2.05) is 0 Å². The molecule has 3 aliphatic rings. The fraction of sp³-hybridized carbons (Fsp3) is 0.500. The van der Waals surface area contributed by atoms with E-state index in [-0.39, 0.29) is 71.7 Å². The standard InChI is InChI=1S/3C16H20O2/c1-9-5-16(12(4)11(3)10(9)2)13-6-14(17)8-15(18)7-13;1-9-5-10(2)16(12(4)11(9)3)13-6-14(17)8-15(18)7-13;1-9-5-10(2)12(4)16(11(9)3)13-6-14(17)8-15(18)7-13/h3*5,13H,6-8H2,1-4H3. The van der Waals surface area contributed by atoms with Crippen LogP contribution in [-0.4, -0.2) is 34.7 Å². The quantitative estimate of drug-likeness (QED) is 0.249. The van der Waals surface area contributed by atoms with Crippen molar-refractivity contribution in [1.29, 1.82) is 0 Å². The molecule has 0 amide bonds. The van der Waals surface area contributed by atoms with E-state index in [4.69, 9.17) is 0 Å². The van der Waals surface area contributed by atoms with Crippen LogP contribution in [0.2, 0.25) is 0 Å². The normalized spacial score (nSPS) is 17.3. The third-order valence-electron chi connectivity index (χ3n) is 12.6. The summed E-state index contributed by atoms with van der Waals surface area (Å²) in [6.45, 7) is 25.2. The first-order valence-corrected chi connectivity index (χ1v) is 19.5. The molecule has 0 spiro atoms. The highest BCUT2D eigenvalue weighted by Gasteiger charge is 2.31. The van der Waals surface area contributed by atoms with Gasteiger partial charge in [-0.15, -0.1) is 0 Å². The van der Waals surface area contributed by atoms with Crippen LogP contribution in [-0.2, 0) is 28.8 Å². The Morgan fingerprint density at radius 2 is 0.630 bits per heavy atom. The number of benzene rings is 3. The Hall–Kier alpha value is -4.32. The SMILES string of the molecule is Cc1cc(C)c(C)c(C2CC(=O)CC(=O)C2)c1C.Cc1cc(C)c(C2CC(=O)CC(=O)C2)c(C)c1C.Cc1cc(C2CC(=O)CC(=O)C2)c(C)c(C)c1C. The molecule has 0 bridgehead atoms. The maximum Gasteiger partial charge on any atom is 0.140 e. The first kappa shape index (κ1) is 42.4. The van der Waals surface area contributed by atoms with Gasteiger partial charge in [-0.2, -0.15) is 0 Å². The molecule has 3 aliphatic carbocycles. The van der Waals surface area contributed by atoms with Crippen LogP contribution >= 0.6 is 0 Å². The molecule has 6 heteroatoms. The van der Waals surface area contributed by atoms with Crippen LogP contribution < -0.4 is 0 Å². The molecule has 0 aliphatic heterocycles. The van der Waals surface area contributed by atoms with Gasteiger partial charge in [-0.05, 0) is 184 Å². The zero-order valence-corrected chi connectivity index (χ0v) is 34.8. The average Bonchev–Trinajstić information content (AvgIpc) is 3.06. The van der Waals surface area contributed by atoms with Crippen molar-refractivity contribution in [2.24, 2.45) is 0 Å². The minimum Gasteiger partial charge on any atom is -0.299 e. The van der Waals surface area contributed by atoms with Crippen LogP contribution in [0, 0.1) is 83.1 Å². The predicted octanol–water partition coefficient (Wildman–Crippen LogP) is 9.98. The second-order valence-electron chi connectivity index (χ2n) is 16.6. The highest BCUT2D eigenvalue weighted by Crippen LogP contribution is 2.38. The molecule has 3 fully saturated rings. The summed E-state index contributed by atoms with van der Waals surface area (Å²) in [6, 6.07) is 6.51. The number of Topliss-reactive ketones (excluding diaryl/α,β-unsaturated/α-hetero) is 6. The highest BCUT2D eigenvalue weighted by molar-refractivity contribution is 6.03. The third kappa shape index (κ3) is 9.67. The minimum absolute atomic E-state index is 0.0894. The third-order valence-corrected chi connectivity index (χ3v) is 12.6. The van der Waals surface area contributed by atoms with Crippen molar-refractivity contribution in [3.63, 3.8) is 0 Å². The van der Waals surface area contributed by atoms with Gasteiger partial charge in [-0.25, -0.2) is 0 Å². The van der Waals surface area contributed by atoms with Gasteiger partial charge in [0.25, 0.3) is 0 Å². The Bertz CT molecular complexity index is 1970. The van der Waals surface area contributed by atoms with E-state index in [1.54, 1.807) is 0 Å². The smallest absolute Gasteiger partial charge is 0.140 e. The molecule has 0 radical (unpaired) electrons. The average molecular weight is 733 g/mol. The lowest BCUT2D eigenvalue weighted by Crippen LogP contribution is -2.22. The van der Waals surface area contributed by atoms with Crippen LogP contribution in [0.1, 0.15) is 159 Å². The van der Waals surface area contributed by atoms with Gasteiger partial charge < -0.3 is 0 Å². The molecule has 3 saturated carbocycles. The van der Waals surface area contributed by atoms with E-state index in [9.17, 15) is 28.8 Å². The summed E-state index contributed by atoms with van der Waals surface area (Å²) < 4.78 is 0. The summed E-state index contributed by atoms with van der Waals surface area (Å²) in [5.41, 5.74) is 18.7. The van der Waals surface area contributed by atoms with Gasteiger partial charge in [-0.3, -0.25) is 28.8 Å². The van der Waals surface area contributed by atoms with Crippen LogP contribution in [0.4, 0.5) is 0 Å². The van der Waals surface area contributed by atoms with Gasteiger partial charge in [0.2, 0.25) is 0 Å². The Morgan fingerprint density at radius 1 is 0.315 bits per heavy atom. The van der Waals surface area contributed by atoms with E-state index in [1.165, 1.54) is 83.5 Å². The number of carbonyl (C=O) groups excluding carboxylic acids is 6. The molecule has 3 aromatic rings. The maximum absolute atomic E-state index is 11.6. The largest absolute Gasteiger partial charge is 0.299 e. The highest BCUT2D eigenvalue weighted by atomic mass is 16.2. The summed E-state index contributed by atoms with van der Waals surface area (Å²) in [4.78, 5) is 69.6. The minimum atomic E-state index is 0.0894. The second-order valence-corrected chi connectivity index (χ2v) is 16.6. The molecule has 0 N–H and O–H groups in total. The summed E-state index contributed by atoms with van der Waals surface area (Å²) in [6.07, 6.45) is 3.56. The number of aryl methyl sites for hydroxylation is 5. The summed E-state index contributed by atoms with van der Waals surface area (Å²) >= 11 is 0. The van der Waals surface area contributed by atoms with E-state index >= 15 is 0 Å². The lowest BCUT2D eigenvalue weighted by molar-refractivity contribution is -0.131. The molecule has 0 heterocycles. The van der Waals surface area contributed by atoms with Crippen LogP contribution in [0.15, 0.2) is 18.2 Å². The van der Waals surface area contributed by atoms with Crippen molar-refractivity contribution < 1.29 is 28.8 Å². The Balaban J connectivity index is 0.000000180. The number of hydrogen-bond acceptors (Lipinski definition) is 6. The van der Waals surface area contributed by atoms with Crippen molar-refractivity contribution in [2.45, 2.75) is 159 Å². The molecule has 288 valence electrons. The first-order chi connectivity index (χ1) is 25.2. The van der Waals surface area contributed by atoms with E-state index in [0.29, 0.717) is 38.5 Å². The van der Waals surface area contributed by atoms with Crippen LogP contribution in [0.5, 0.6) is 0 Å². The number of ketones is 6. The van der Waals surface area contributed by atoms with Crippen LogP contribution in [0.3, 0.4) is 0 Å². The molecule has 0 saturated heterocycles. The van der Waals surface area contributed by atoms with Gasteiger partial charge in [0.15, 0.2) is 0 Å². The topological polar surface area (TPSA) is 102 Å². The number of hydrogen-bond donors (Lipinski definition) is 0. The Kier molecular flexibility index (Phi) is 13.7. The monoisotopic (exact) mass is 732 g/mol. The molecular formula is C48H60O6. The molecule has 0 atom stereocenters. The van der Waals surface area contributed by atoms with Gasteiger partial charge in [0.05, 0.1) is 19.3 Å². The predicted molar refractivity (Wildman–Crippen MR) is 216 cm³/mol. The Morgan fingerprint density at radius 3 is 1.06 bits per heavy atom.